The van der Waals surface area contributed by atoms with Crippen LogP contribution in [0.5, 0.6) is 5.75 Å². The second-order valence-corrected chi connectivity index (χ2v) is 4.88. The van der Waals surface area contributed by atoms with Gasteiger partial charge < -0.3 is 9.84 Å². The lowest BCUT2D eigenvalue weighted by Gasteiger charge is -2.11. The maximum absolute atomic E-state index is 13.7. The third kappa shape index (κ3) is 3.43. The Hall–Kier alpha value is -1.85. The number of halogens is 4. The van der Waals surface area contributed by atoms with E-state index >= 15 is 0 Å². The van der Waals surface area contributed by atoms with Crippen LogP contribution in [0.1, 0.15) is 15.9 Å². The van der Waals surface area contributed by atoms with E-state index < -0.39 is 28.9 Å². The fraction of sp³-hybridized carbons (Fsp3) is 0.0714. The maximum atomic E-state index is 13.7. The van der Waals surface area contributed by atoms with Crippen molar-refractivity contribution in [3.8, 4) is 5.75 Å². The van der Waals surface area contributed by atoms with Crippen LogP contribution < -0.4 is 4.74 Å². The van der Waals surface area contributed by atoms with Gasteiger partial charge in [0.25, 0.3) is 0 Å². The summed E-state index contributed by atoms with van der Waals surface area (Å²) in [5.74, 6) is -4.35. The van der Waals surface area contributed by atoms with E-state index in [0.717, 1.165) is 0 Å². The molecule has 0 aliphatic carbocycles. The highest BCUT2D eigenvalue weighted by Crippen LogP contribution is 2.28. The van der Waals surface area contributed by atoms with Crippen molar-refractivity contribution in [2.75, 3.05) is 0 Å². The molecule has 0 aromatic heterocycles. The normalized spacial score (nSPS) is 10.5. The first kappa shape index (κ1) is 15.5. The largest absolute Gasteiger partial charge is 0.483 e. The highest BCUT2D eigenvalue weighted by atomic mass is 35.5. The number of carbonyl (C=O) groups is 1. The van der Waals surface area contributed by atoms with Gasteiger partial charge in [0.05, 0.1) is 5.56 Å². The van der Waals surface area contributed by atoms with E-state index in [2.05, 4.69) is 0 Å². The van der Waals surface area contributed by atoms with E-state index in [1.165, 1.54) is 0 Å². The Bertz CT molecular complexity index is 661. The summed E-state index contributed by atoms with van der Waals surface area (Å²) in [4.78, 5) is 10.7. The zero-order chi connectivity index (χ0) is 15.6. The molecule has 0 aliphatic heterocycles. The summed E-state index contributed by atoms with van der Waals surface area (Å²) < 4.78 is 32.4. The number of ether oxygens (including phenoxy) is 1. The smallest absolute Gasteiger partial charge is 0.335 e. The Morgan fingerprint density at radius 2 is 1.67 bits per heavy atom. The molecule has 0 saturated heterocycles. The summed E-state index contributed by atoms with van der Waals surface area (Å²) >= 11 is 11.8. The number of rotatable bonds is 4. The highest BCUT2D eigenvalue weighted by Gasteiger charge is 2.17. The Labute approximate surface area is 128 Å². The number of carboxylic acids is 1. The minimum absolute atomic E-state index is 0.251. The van der Waals surface area contributed by atoms with Crippen LogP contribution in [-0.4, -0.2) is 11.1 Å². The molecule has 0 bridgehead atoms. The molecule has 0 heterocycles. The molecule has 0 radical (unpaired) electrons. The maximum Gasteiger partial charge on any atom is 0.335 e. The van der Waals surface area contributed by atoms with Gasteiger partial charge in [-0.15, -0.1) is 0 Å². The van der Waals surface area contributed by atoms with Crippen molar-refractivity contribution in [2.24, 2.45) is 0 Å². The monoisotopic (exact) mass is 332 g/mol. The molecule has 0 saturated carbocycles. The van der Waals surface area contributed by atoms with Gasteiger partial charge in [-0.05, 0) is 24.3 Å². The predicted molar refractivity (Wildman–Crippen MR) is 74.1 cm³/mol. The molecule has 2 rings (SSSR count). The number of benzene rings is 2. The van der Waals surface area contributed by atoms with Crippen molar-refractivity contribution in [1.29, 1.82) is 0 Å². The van der Waals surface area contributed by atoms with Crippen molar-refractivity contribution in [3.05, 3.63) is 63.1 Å². The quantitative estimate of drug-likeness (QED) is 0.893. The summed E-state index contributed by atoms with van der Waals surface area (Å²) in [7, 11) is 0. The Balaban J connectivity index is 2.27. The number of hydrogen-bond donors (Lipinski definition) is 1. The standard InChI is InChI=1S/C14H8Cl2F2O3/c15-9-2-1-3-10(16)8(9)6-21-13-11(17)4-7(14(19)20)5-12(13)18/h1-5H,6H2,(H,19,20). The topological polar surface area (TPSA) is 46.5 Å². The molecule has 2 aromatic carbocycles. The molecule has 0 unspecified atom stereocenters. The lowest BCUT2D eigenvalue weighted by atomic mass is 10.2. The molecule has 7 heteroatoms. The van der Waals surface area contributed by atoms with Gasteiger partial charge in [0.1, 0.15) is 6.61 Å². The van der Waals surface area contributed by atoms with Crippen LogP contribution >= 0.6 is 23.2 Å². The van der Waals surface area contributed by atoms with Gasteiger partial charge in [0, 0.05) is 15.6 Å². The van der Waals surface area contributed by atoms with E-state index in [1.54, 1.807) is 18.2 Å². The predicted octanol–water partition coefficient (Wildman–Crippen LogP) is 4.55. The van der Waals surface area contributed by atoms with Crippen LogP contribution in [0.15, 0.2) is 30.3 Å². The average molecular weight is 333 g/mol. The number of carboxylic acid groups (broad SMARTS) is 1. The van der Waals surface area contributed by atoms with Crippen molar-refractivity contribution in [2.45, 2.75) is 6.61 Å². The van der Waals surface area contributed by atoms with Gasteiger partial charge >= 0.3 is 5.97 Å². The zero-order valence-corrected chi connectivity index (χ0v) is 11.9. The molecule has 0 aliphatic rings. The van der Waals surface area contributed by atoms with E-state index in [0.29, 0.717) is 27.7 Å². The number of aromatic carboxylic acids is 1. The molecule has 21 heavy (non-hydrogen) atoms. The second kappa shape index (κ2) is 6.28. The number of hydrogen-bond acceptors (Lipinski definition) is 2. The van der Waals surface area contributed by atoms with Gasteiger partial charge in [-0.1, -0.05) is 29.3 Å². The molecule has 3 nitrogen and oxygen atoms in total. The summed E-state index contributed by atoms with van der Waals surface area (Å²) in [5, 5.41) is 9.29. The van der Waals surface area contributed by atoms with E-state index in [4.69, 9.17) is 33.0 Å². The summed E-state index contributed by atoms with van der Waals surface area (Å²) in [5.41, 5.74) is -0.130. The first-order chi connectivity index (χ1) is 9.90. The Morgan fingerprint density at radius 3 is 2.14 bits per heavy atom. The summed E-state index contributed by atoms with van der Waals surface area (Å²) in [6, 6.07) is 6.10. The van der Waals surface area contributed by atoms with Crippen molar-refractivity contribution < 1.29 is 23.4 Å². The van der Waals surface area contributed by atoms with Crippen LogP contribution in [-0.2, 0) is 6.61 Å². The fourth-order valence-electron chi connectivity index (χ4n) is 1.64. The molecule has 2 aromatic rings. The third-order valence-electron chi connectivity index (χ3n) is 2.67. The molecule has 0 atom stereocenters. The molecule has 0 amide bonds. The third-order valence-corrected chi connectivity index (χ3v) is 3.38. The van der Waals surface area contributed by atoms with Crippen molar-refractivity contribution in [3.63, 3.8) is 0 Å². The molecule has 0 spiro atoms. The van der Waals surface area contributed by atoms with Gasteiger partial charge in [0.2, 0.25) is 0 Å². The summed E-state index contributed by atoms with van der Waals surface area (Å²) in [6.45, 7) is -0.251. The molecular weight excluding hydrogens is 325 g/mol. The zero-order valence-electron chi connectivity index (χ0n) is 10.4. The van der Waals surface area contributed by atoms with Gasteiger partial charge in [0.15, 0.2) is 17.4 Å². The van der Waals surface area contributed by atoms with Crippen LogP contribution in [0.3, 0.4) is 0 Å². The van der Waals surface area contributed by atoms with E-state index in [1.807, 2.05) is 0 Å². The van der Waals surface area contributed by atoms with Gasteiger partial charge in [-0.3, -0.25) is 0 Å². The molecular formula is C14H8Cl2F2O3. The highest BCUT2D eigenvalue weighted by molar-refractivity contribution is 6.35. The van der Waals surface area contributed by atoms with Crippen molar-refractivity contribution in [1.82, 2.24) is 0 Å². The minimum atomic E-state index is -1.44. The van der Waals surface area contributed by atoms with E-state index in [9.17, 15) is 13.6 Å². The summed E-state index contributed by atoms with van der Waals surface area (Å²) in [6.07, 6.45) is 0. The fourth-order valence-corrected chi connectivity index (χ4v) is 2.14. The lowest BCUT2D eigenvalue weighted by Crippen LogP contribution is -2.04. The van der Waals surface area contributed by atoms with Crippen LogP contribution in [0.2, 0.25) is 10.0 Å². The van der Waals surface area contributed by atoms with E-state index in [-0.39, 0.29) is 6.61 Å². The second-order valence-electron chi connectivity index (χ2n) is 4.06. The Morgan fingerprint density at radius 1 is 1.14 bits per heavy atom. The van der Waals surface area contributed by atoms with Gasteiger partial charge in [-0.25, -0.2) is 13.6 Å². The van der Waals surface area contributed by atoms with Crippen molar-refractivity contribution >= 4 is 29.2 Å². The first-order valence-corrected chi connectivity index (χ1v) is 6.43. The Kier molecular flexibility index (Phi) is 4.65. The van der Waals surface area contributed by atoms with Crippen LogP contribution in [0.4, 0.5) is 8.78 Å². The molecule has 1 N–H and O–H groups in total. The first-order valence-electron chi connectivity index (χ1n) is 5.68. The SMILES string of the molecule is O=C(O)c1cc(F)c(OCc2c(Cl)cccc2Cl)c(F)c1. The molecule has 0 fully saturated rings. The minimum Gasteiger partial charge on any atom is -0.483 e. The van der Waals surface area contributed by atoms with Gasteiger partial charge in [-0.2, -0.15) is 0 Å². The lowest BCUT2D eigenvalue weighted by molar-refractivity contribution is 0.0695. The molecule has 110 valence electrons. The average Bonchev–Trinajstić information content (AvgIpc) is 2.40. The van der Waals surface area contributed by atoms with Crippen LogP contribution in [0, 0.1) is 11.6 Å². The van der Waals surface area contributed by atoms with Crippen LogP contribution in [0.25, 0.3) is 0 Å².